The van der Waals surface area contributed by atoms with Crippen LogP contribution in [0.5, 0.6) is 0 Å². The second-order valence-corrected chi connectivity index (χ2v) is 5.86. The second-order valence-electron chi connectivity index (χ2n) is 5.86. The van der Waals surface area contributed by atoms with Gasteiger partial charge in [-0.2, -0.15) is 0 Å². The lowest BCUT2D eigenvalue weighted by molar-refractivity contribution is 1.55. The number of hydrogen-bond donors (Lipinski definition) is 0. The van der Waals surface area contributed by atoms with Gasteiger partial charge < -0.3 is 0 Å². The minimum atomic E-state index is 1.21. The molecule has 138 valence electrons. The van der Waals surface area contributed by atoms with Crippen LogP contribution in [0.1, 0.15) is 11.1 Å². The number of benzene rings is 2. The van der Waals surface area contributed by atoms with Gasteiger partial charge in [0.2, 0.25) is 0 Å². The topological polar surface area (TPSA) is 0 Å². The second kappa shape index (κ2) is 13.5. The summed E-state index contributed by atoms with van der Waals surface area (Å²) in [5.41, 5.74) is 3.63. The van der Waals surface area contributed by atoms with Crippen LogP contribution in [0.4, 0.5) is 0 Å². The van der Waals surface area contributed by atoms with Crippen molar-refractivity contribution < 1.29 is 0 Å². The molecule has 0 heterocycles. The van der Waals surface area contributed by atoms with E-state index >= 15 is 0 Å². The molecule has 2 aromatic carbocycles. The minimum Gasteiger partial charge on any atom is -0.0991 e. The highest BCUT2D eigenvalue weighted by atomic mass is 14.1. The highest BCUT2D eigenvalue weighted by molar-refractivity contribution is 5.80. The summed E-state index contributed by atoms with van der Waals surface area (Å²) < 4.78 is 0. The van der Waals surface area contributed by atoms with Crippen molar-refractivity contribution in [3.8, 4) is 0 Å². The lowest BCUT2D eigenvalue weighted by Gasteiger charge is -2.07. The van der Waals surface area contributed by atoms with Gasteiger partial charge in [-0.1, -0.05) is 152 Å². The summed E-state index contributed by atoms with van der Waals surface area (Å²) >= 11 is 0. The van der Waals surface area contributed by atoms with Crippen molar-refractivity contribution in [2.45, 2.75) is 0 Å². The van der Waals surface area contributed by atoms with Crippen molar-refractivity contribution in [2.24, 2.45) is 0 Å². The van der Waals surface area contributed by atoms with Gasteiger partial charge in [-0.05, 0) is 16.7 Å². The first-order chi connectivity index (χ1) is 13.9. The molecule has 0 radical (unpaired) electrons. The first-order valence-corrected chi connectivity index (χ1v) is 9.35. The van der Waals surface area contributed by atoms with E-state index in [4.69, 9.17) is 0 Å². The SMILES string of the molecule is C=CC=CC=CC=CC=CC=CC=CC=C(c1ccccc1)c1ccccc1. The molecule has 0 N–H and O–H groups in total. The van der Waals surface area contributed by atoms with E-state index in [0.717, 1.165) is 0 Å². The van der Waals surface area contributed by atoms with Crippen molar-refractivity contribution in [2.75, 3.05) is 0 Å². The fourth-order valence-electron chi connectivity index (χ4n) is 2.47. The number of allylic oxidation sites excluding steroid dienone is 14. The van der Waals surface area contributed by atoms with Crippen LogP contribution in [-0.4, -0.2) is 0 Å². The Morgan fingerprint density at radius 1 is 0.464 bits per heavy atom. The van der Waals surface area contributed by atoms with Crippen molar-refractivity contribution in [1.29, 1.82) is 0 Å². The molecule has 0 unspecified atom stereocenters. The summed E-state index contributed by atoms with van der Waals surface area (Å²) in [4.78, 5) is 0. The molecular formula is C28H26. The van der Waals surface area contributed by atoms with E-state index in [0.29, 0.717) is 0 Å². The zero-order chi connectivity index (χ0) is 19.7. The predicted octanol–water partition coefficient (Wildman–Crippen LogP) is 7.64. The van der Waals surface area contributed by atoms with E-state index in [1.54, 1.807) is 6.08 Å². The Labute approximate surface area is 169 Å². The molecule has 0 amide bonds. The van der Waals surface area contributed by atoms with E-state index in [-0.39, 0.29) is 0 Å². The maximum atomic E-state index is 3.62. The maximum Gasteiger partial charge on any atom is -0.0111 e. The lowest BCUT2D eigenvalue weighted by Crippen LogP contribution is -1.86. The first-order valence-electron chi connectivity index (χ1n) is 9.35. The van der Waals surface area contributed by atoms with Crippen LogP contribution in [0.25, 0.3) is 5.57 Å². The van der Waals surface area contributed by atoms with Crippen molar-refractivity contribution in [3.05, 3.63) is 163 Å². The average Bonchev–Trinajstić information content (AvgIpc) is 2.75. The minimum absolute atomic E-state index is 1.21. The molecular weight excluding hydrogens is 336 g/mol. The zero-order valence-electron chi connectivity index (χ0n) is 16.1. The lowest BCUT2D eigenvalue weighted by atomic mass is 9.97. The van der Waals surface area contributed by atoms with Crippen molar-refractivity contribution in [1.82, 2.24) is 0 Å². The van der Waals surface area contributed by atoms with Gasteiger partial charge in [-0.25, -0.2) is 0 Å². The van der Waals surface area contributed by atoms with Gasteiger partial charge in [-0.15, -0.1) is 0 Å². The summed E-state index contributed by atoms with van der Waals surface area (Å²) in [5.74, 6) is 0. The molecule has 0 aliphatic carbocycles. The van der Waals surface area contributed by atoms with Crippen molar-refractivity contribution in [3.63, 3.8) is 0 Å². The standard InChI is InChI=1S/C28H26/c1-2-3-4-5-6-7-8-9-10-11-12-13-20-25-28(26-21-16-14-17-22-26)27-23-18-15-19-24-27/h2-25H,1H2. The summed E-state index contributed by atoms with van der Waals surface area (Å²) in [7, 11) is 0. The summed E-state index contributed by atoms with van der Waals surface area (Å²) in [6.07, 6.45) is 27.8. The smallest absolute Gasteiger partial charge is 0.0111 e. The summed E-state index contributed by atoms with van der Waals surface area (Å²) in [5, 5.41) is 0. The third-order valence-corrected chi connectivity index (χ3v) is 3.79. The predicted molar refractivity (Wildman–Crippen MR) is 125 cm³/mol. The molecule has 0 fully saturated rings. The van der Waals surface area contributed by atoms with E-state index in [1.165, 1.54) is 16.7 Å². The molecule has 0 atom stereocenters. The molecule has 28 heavy (non-hydrogen) atoms. The van der Waals surface area contributed by atoms with Gasteiger partial charge in [0.25, 0.3) is 0 Å². The Bertz CT molecular complexity index is 858. The Morgan fingerprint density at radius 2 is 0.821 bits per heavy atom. The molecule has 0 aliphatic heterocycles. The molecule has 0 spiro atoms. The van der Waals surface area contributed by atoms with E-state index in [1.807, 2.05) is 79.0 Å². The van der Waals surface area contributed by atoms with Crippen molar-refractivity contribution >= 4 is 5.57 Å². The molecule has 0 nitrogen and oxygen atoms in total. The van der Waals surface area contributed by atoms with Crippen LogP contribution in [0.3, 0.4) is 0 Å². The van der Waals surface area contributed by atoms with E-state index in [9.17, 15) is 0 Å². The average molecular weight is 363 g/mol. The van der Waals surface area contributed by atoms with Gasteiger partial charge in [0, 0.05) is 0 Å². The third-order valence-electron chi connectivity index (χ3n) is 3.79. The van der Waals surface area contributed by atoms with Crippen LogP contribution < -0.4 is 0 Å². The Balaban J connectivity index is 1.96. The third kappa shape index (κ3) is 8.16. The Hall–Kier alpha value is -3.64. The van der Waals surface area contributed by atoms with Crippen LogP contribution in [0.15, 0.2) is 152 Å². The van der Waals surface area contributed by atoms with Crippen LogP contribution >= 0.6 is 0 Å². The molecule has 0 aromatic heterocycles. The molecule has 0 saturated carbocycles. The first kappa shape index (κ1) is 20.7. The zero-order valence-corrected chi connectivity index (χ0v) is 16.1. The van der Waals surface area contributed by atoms with Gasteiger partial charge in [0.15, 0.2) is 0 Å². The maximum absolute atomic E-state index is 3.62. The number of hydrogen-bond acceptors (Lipinski definition) is 0. The molecule has 0 heteroatoms. The van der Waals surface area contributed by atoms with Crippen LogP contribution in [0.2, 0.25) is 0 Å². The Kier molecular flexibility index (Phi) is 10.0. The molecule has 2 rings (SSSR count). The van der Waals surface area contributed by atoms with Gasteiger partial charge >= 0.3 is 0 Å². The van der Waals surface area contributed by atoms with E-state index in [2.05, 4.69) is 67.3 Å². The van der Waals surface area contributed by atoms with Crippen LogP contribution in [0, 0.1) is 0 Å². The normalized spacial score (nSPS) is 12.3. The van der Waals surface area contributed by atoms with Gasteiger partial charge in [0.05, 0.1) is 0 Å². The number of rotatable bonds is 9. The quantitative estimate of drug-likeness (QED) is 0.402. The Morgan fingerprint density at radius 3 is 1.21 bits per heavy atom. The molecule has 0 bridgehead atoms. The fourth-order valence-corrected chi connectivity index (χ4v) is 2.47. The molecule has 0 saturated heterocycles. The van der Waals surface area contributed by atoms with Gasteiger partial charge in [-0.3, -0.25) is 0 Å². The van der Waals surface area contributed by atoms with Gasteiger partial charge in [0.1, 0.15) is 0 Å². The largest absolute Gasteiger partial charge is 0.0991 e. The summed E-state index contributed by atoms with van der Waals surface area (Å²) in [6, 6.07) is 20.9. The highest BCUT2D eigenvalue weighted by Crippen LogP contribution is 2.23. The van der Waals surface area contributed by atoms with Crippen LogP contribution in [-0.2, 0) is 0 Å². The highest BCUT2D eigenvalue weighted by Gasteiger charge is 2.02. The van der Waals surface area contributed by atoms with E-state index < -0.39 is 0 Å². The molecule has 2 aromatic rings. The molecule has 0 aliphatic rings. The summed E-state index contributed by atoms with van der Waals surface area (Å²) in [6.45, 7) is 3.62. The monoisotopic (exact) mass is 362 g/mol. The fraction of sp³-hybridized carbons (Fsp3) is 0.